The second-order valence-corrected chi connectivity index (χ2v) is 6.18. The molecule has 1 atom stereocenters. The van der Waals surface area contributed by atoms with E-state index in [1.54, 1.807) is 0 Å². The van der Waals surface area contributed by atoms with Crippen molar-refractivity contribution in [2.24, 2.45) is 0 Å². The molecule has 0 aliphatic carbocycles. The number of rotatable bonds is 4. The SMILES string of the molecule is CC(Nc1ccnc(-c2cncc(C(F)(F)F)c2)n1)c1ccccc1C(F)(F)F. The number of benzene rings is 1. The quantitative estimate of drug-likeness (QED) is 0.555. The minimum Gasteiger partial charge on any atom is -0.363 e. The molecule has 2 heterocycles. The summed E-state index contributed by atoms with van der Waals surface area (Å²) in [7, 11) is 0. The summed E-state index contributed by atoms with van der Waals surface area (Å²) in [4.78, 5) is 11.6. The fraction of sp³-hybridized carbons (Fsp3) is 0.211. The molecule has 0 saturated carbocycles. The van der Waals surface area contributed by atoms with Crippen molar-refractivity contribution in [3.05, 3.63) is 71.7 Å². The van der Waals surface area contributed by atoms with E-state index in [4.69, 9.17) is 0 Å². The van der Waals surface area contributed by atoms with Crippen LogP contribution in [-0.2, 0) is 12.4 Å². The van der Waals surface area contributed by atoms with E-state index in [-0.39, 0.29) is 22.8 Å². The van der Waals surface area contributed by atoms with E-state index in [9.17, 15) is 26.3 Å². The van der Waals surface area contributed by atoms with E-state index in [2.05, 4.69) is 20.3 Å². The van der Waals surface area contributed by atoms with E-state index in [1.807, 2.05) is 0 Å². The van der Waals surface area contributed by atoms with Gasteiger partial charge in [-0.25, -0.2) is 9.97 Å². The van der Waals surface area contributed by atoms with Crippen molar-refractivity contribution in [3.8, 4) is 11.4 Å². The Morgan fingerprint density at radius 1 is 0.931 bits per heavy atom. The molecular weight excluding hydrogens is 398 g/mol. The molecular formula is C19H14F6N4. The van der Waals surface area contributed by atoms with Crippen LogP contribution in [0.2, 0.25) is 0 Å². The molecule has 0 radical (unpaired) electrons. The lowest BCUT2D eigenvalue weighted by molar-refractivity contribution is -0.138. The van der Waals surface area contributed by atoms with Crippen LogP contribution in [-0.4, -0.2) is 15.0 Å². The molecule has 0 aliphatic heterocycles. The van der Waals surface area contributed by atoms with Crippen LogP contribution >= 0.6 is 0 Å². The smallest absolute Gasteiger partial charge is 0.363 e. The van der Waals surface area contributed by atoms with E-state index in [0.717, 1.165) is 12.1 Å². The van der Waals surface area contributed by atoms with Crippen molar-refractivity contribution in [2.45, 2.75) is 25.3 Å². The summed E-state index contributed by atoms with van der Waals surface area (Å²) in [5, 5.41) is 2.83. The topological polar surface area (TPSA) is 50.7 Å². The van der Waals surface area contributed by atoms with Crippen LogP contribution in [0.15, 0.2) is 55.0 Å². The average Bonchev–Trinajstić information content (AvgIpc) is 2.67. The monoisotopic (exact) mass is 412 g/mol. The van der Waals surface area contributed by atoms with Crippen LogP contribution in [0.4, 0.5) is 32.2 Å². The van der Waals surface area contributed by atoms with Gasteiger partial charge in [0.05, 0.1) is 17.2 Å². The van der Waals surface area contributed by atoms with Gasteiger partial charge in [-0.1, -0.05) is 18.2 Å². The highest BCUT2D eigenvalue weighted by Crippen LogP contribution is 2.35. The van der Waals surface area contributed by atoms with Gasteiger partial charge in [-0.2, -0.15) is 26.3 Å². The molecule has 0 fully saturated rings. The fourth-order valence-corrected chi connectivity index (χ4v) is 2.73. The minimum absolute atomic E-state index is 0.0147. The number of halogens is 6. The summed E-state index contributed by atoms with van der Waals surface area (Å²) in [5.74, 6) is 0.127. The lowest BCUT2D eigenvalue weighted by Crippen LogP contribution is -2.15. The van der Waals surface area contributed by atoms with Crippen molar-refractivity contribution < 1.29 is 26.3 Å². The number of hydrogen-bond acceptors (Lipinski definition) is 4. The largest absolute Gasteiger partial charge is 0.417 e. The Labute approximate surface area is 161 Å². The van der Waals surface area contributed by atoms with E-state index < -0.39 is 29.5 Å². The Kier molecular flexibility index (Phi) is 5.45. The lowest BCUT2D eigenvalue weighted by atomic mass is 10.0. The minimum atomic E-state index is -4.57. The summed E-state index contributed by atoms with van der Waals surface area (Å²) >= 11 is 0. The molecule has 0 aliphatic rings. The maximum Gasteiger partial charge on any atom is 0.417 e. The van der Waals surface area contributed by atoms with Crippen molar-refractivity contribution in [2.75, 3.05) is 5.32 Å². The van der Waals surface area contributed by atoms with Gasteiger partial charge in [0.25, 0.3) is 0 Å². The second-order valence-electron chi connectivity index (χ2n) is 6.18. The van der Waals surface area contributed by atoms with E-state index in [0.29, 0.717) is 6.20 Å². The van der Waals surface area contributed by atoms with Gasteiger partial charge >= 0.3 is 12.4 Å². The number of hydrogen-bond donors (Lipinski definition) is 1. The molecule has 2 aromatic heterocycles. The van der Waals surface area contributed by atoms with Gasteiger partial charge in [-0.3, -0.25) is 4.98 Å². The molecule has 0 spiro atoms. The third-order valence-electron chi connectivity index (χ3n) is 4.08. The molecule has 1 unspecified atom stereocenters. The zero-order chi connectivity index (χ0) is 21.2. The number of aromatic nitrogens is 3. The van der Waals surface area contributed by atoms with Gasteiger partial charge < -0.3 is 5.32 Å². The summed E-state index contributed by atoms with van der Waals surface area (Å²) in [6.07, 6.45) is -5.94. The van der Waals surface area contributed by atoms with E-state index >= 15 is 0 Å². The normalized spacial score (nSPS) is 13.2. The summed E-state index contributed by atoms with van der Waals surface area (Å²) < 4.78 is 78.3. The van der Waals surface area contributed by atoms with Crippen LogP contribution in [0.25, 0.3) is 11.4 Å². The number of nitrogens with zero attached hydrogens (tertiary/aromatic N) is 3. The summed E-state index contributed by atoms with van der Waals surface area (Å²) in [6, 6.07) is 6.61. The summed E-state index contributed by atoms with van der Waals surface area (Å²) in [6.45, 7) is 1.53. The number of nitrogens with one attached hydrogen (secondary N) is 1. The molecule has 29 heavy (non-hydrogen) atoms. The van der Waals surface area contributed by atoms with Gasteiger partial charge in [0.2, 0.25) is 0 Å². The first-order valence-electron chi connectivity index (χ1n) is 8.34. The second kappa shape index (κ2) is 7.69. The highest BCUT2D eigenvalue weighted by atomic mass is 19.4. The zero-order valence-corrected chi connectivity index (χ0v) is 14.9. The fourth-order valence-electron chi connectivity index (χ4n) is 2.73. The molecule has 3 rings (SSSR count). The first-order valence-corrected chi connectivity index (χ1v) is 8.34. The summed E-state index contributed by atoms with van der Waals surface area (Å²) in [5.41, 5.74) is -1.69. The zero-order valence-electron chi connectivity index (χ0n) is 14.9. The van der Waals surface area contributed by atoms with Gasteiger partial charge in [-0.05, 0) is 30.7 Å². The van der Waals surface area contributed by atoms with E-state index in [1.165, 1.54) is 43.6 Å². The highest BCUT2D eigenvalue weighted by Gasteiger charge is 2.34. The molecule has 1 N–H and O–H groups in total. The van der Waals surface area contributed by atoms with Crippen molar-refractivity contribution in [3.63, 3.8) is 0 Å². The van der Waals surface area contributed by atoms with Crippen molar-refractivity contribution in [1.82, 2.24) is 15.0 Å². The maximum atomic E-state index is 13.2. The standard InChI is InChI=1S/C19H14F6N4/c1-11(14-4-2-3-5-15(14)19(23,24)25)28-16-6-7-27-17(29-16)12-8-13(10-26-9-12)18(20,21)22/h2-11H,1H3,(H,27,28,29). The molecule has 0 bridgehead atoms. The van der Waals surface area contributed by atoms with Crippen LogP contribution in [0.3, 0.4) is 0 Å². The maximum absolute atomic E-state index is 13.2. The Morgan fingerprint density at radius 3 is 2.34 bits per heavy atom. The van der Waals surface area contributed by atoms with Gasteiger partial charge in [0.1, 0.15) is 5.82 Å². The molecule has 0 saturated heterocycles. The number of anilines is 1. The average molecular weight is 412 g/mol. The third kappa shape index (κ3) is 4.82. The van der Waals surface area contributed by atoms with Gasteiger partial charge in [0, 0.05) is 24.2 Å². The Morgan fingerprint density at radius 2 is 1.66 bits per heavy atom. The Bertz CT molecular complexity index is 1000. The molecule has 3 aromatic rings. The molecule has 0 amide bonds. The van der Waals surface area contributed by atoms with Crippen molar-refractivity contribution in [1.29, 1.82) is 0 Å². The molecule has 4 nitrogen and oxygen atoms in total. The number of alkyl halides is 6. The predicted molar refractivity (Wildman–Crippen MR) is 93.7 cm³/mol. The molecule has 152 valence electrons. The molecule has 1 aromatic carbocycles. The third-order valence-corrected chi connectivity index (χ3v) is 4.08. The molecule has 10 heteroatoms. The van der Waals surface area contributed by atoms with Gasteiger partial charge in [-0.15, -0.1) is 0 Å². The predicted octanol–water partition coefficient (Wildman–Crippen LogP) is 5.75. The van der Waals surface area contributed by atoms with Crippen LogP contribution < -0.4 is 5.32 Å². The number of pyridine rings is 1. The Hall–Kier alpha value is -3.17. The Balaban J connectivity index is 1.88. The van der Waals surface area contributed by atoms with Crippen LogP contribution in [0.1, 0.15) is 29.7 Å². The van der Waals surface area contributed by atoms with Crippen molar-refractivity contribution >= 4 is 5.82 Å². The van der Waals surface area contributed by atoms with Crippen LogP contribution in [0.5, 0.6) is 0 Å². The first kappa shape index (κ1) is 20.6. The highest BCUT2D eigenvalue weighted by molar-refractivity contribution is 5.57. The first-order chi connectivity index (χ1) is 13.6. The van der Waals surface area contributed by atoms with Crippen LogP contribution in [0, 0.1) is 0 Å². The van der Waals surface area contributed by atoms with Gasteiger partial charge in [0.15, 0.2) is 5.82 Å². The lowest BCUT2D eigenvalue weighted by Gasteiger charge is -2.20.